The molecule has 0 amide bonds. The van der Waals surface area contributed by atoms with Crippen LogP contribution in [0.25, 0.3) is 0 Å². The lowest BCUT2D eigenvalue weighted by molar-refractivity contribution is -0.0502. The highest BCUT2D eigenvalue weighted by Gasteiger charge is 2.35. The Balaban J connectivity index is 1.93. The molecule has 0 saturated heterocycles. The van der Waals surface area contributed by atoms with E-state index in [1.54, 1.807) is 0 Å². The molecule has 1 saturated carbocycles. The summed E-state index contributed by atoms with van der Waals surface area (Å²) in [6, 6.07) is 3.08. The highest BCUT2D eigenvalue weighted by Crippen LogP contribution is 2.36. The van der Waals surface area contributed by atoms with Gasteiger partial charge in [-0.25, -0.2) is 17.6 Å². The van der Waals surface area contributed by atoms with E-state index in [1.807, 2.05) is 0 Å². The van der Waals surface area contributed by atoms with E-state index in [0.717, 1.165) is 18.2 Å². The standard InChI is InChI=1S/C13H15F4N/c14-10-3-4-11(15)12(6-10)18-8-9-2-1-5-13(16,17)7-9/h3-4,6,9,18H,1-2,5,7-8H2. The molecule has 18 heavy (non-hydrogen) atoms. The zero-order chi connectivity index (χ0) is 13.2. The van der Waals surface area contributed by atoms with Crippen molar-refractivity contribution in [1.82, 2.24) is 0 Å². The second-order valence-electron chi connectivity index (χ2n) is 4.82. The molecule has 1 fully saturated rings. The van der Waals surface area contributed by atoms with Crippen molar-refractivity contribution in [3.63, 3.8) is 0 Å². The molecule has 1 nitrogen and oxygen atoms in total. The summed E-state index contributed by atoms with van der Waals surface area (Å²) in [5.41, 5.74) is 0.0314. The maximum absolute atomic E-state index is 13.3. The van der Waals surface area contributed by atoms with E-state index in [0.29, 0.717) is 12.8 Å². The van der Waals surface area contributed by atoms with E-state index < -0.39 is 17.6 Å². The van der Waals surface area contributed by atoms with Crippen molar-refractivity contribution < 1.29 is 17.6 Å². The molecule has 0 aromatic heterocycles. The van der Waals surface area contributed by atoms with Crippen LogP contribution in [-0.2, 0) is 0 Å². The summed E-state index contributed by atoms with van der Waals surface area (Å²) in [6.07, 6.45) is 0.916. The number of benzene rings is 1. The van der Waals surface area contributed by atoms with Crippen molar-refractivity contribution in [2.75, 3.05) is 11.9 Å². The van der Waals surface area contributed by atoms with E-state index in [9.17, 15) is 17.6 Å². The van der Waals surface area contributed by atoms with Gasteiger partial charge in [0.1, 0.15) is 11.6 Å². The van der Waals surface area contributed by atoms with E-state index in [2.05, 4.69) is 5.32 Å². The van der Waals surface area contributed by atoms with Crippen LogP contribution < -0.4 is 5.32 Å². The Morgan fingerprint density at radius 1 is 1.28 bits per heavy atom. The van der Waals surface area contributed by atoms with Crippen LogP contribution in [0.3, 0.4) is 0 Å². The predicted octanol–water partition coefficient (Wildman–Crippen LogP) is 4.20. The summed E-state index contributed by atoms with van der Waals surface area (Å²) in [5.74, 6) is -3.94. The van der Waals surface area contributed by atoms with Gasteiger partial charge in [-0.05, 0) is 37.0 Å². The van der Waals surface area contributed by atoms with E-state index in [1.165, 1.54) is 0 Å². The molecule has 1 aliphatic rings. The number of nitrogens with one attached hydrogen (secondary N) is 1. The fourth-order valence-corrected chi connectivity index (χ4v) is 2.34. The molecule has 100 valence electrons. The summed E-state index contributed by atoms with van der Waals surface area (Å²) in [7, 11) is 0. The molecular formula is C13H15F4N. The van der Waals surface area contributed by atoms with Gasteiger partial charge >= 0.3 is 0 Å². The Kier molecular flexibility index (Phi) is 3.78. The highest BCUT2D eigenvalue weighted by molar-refractivity contribution is 5.44. The van der Waals surface area contributed by atoms with Gasteiger partial charge in [-0.2, -0.15) is 0 Å². The fourth-order valence-electron chi connectivity index (χ4n) is 2.34. The van der Waals surface area contributed by atoms with E-state index in [-0.39, 0.29) is 31.0 Å². The summed E-state index contributed by atoms with van der Waals surface area (Å²) < 4.78 is 52.5. The molecule has 0 aliphatic heterocycles. The third-order valence-corrected chi connectivity index (χ3v) is 3.25. The van der Waals surface area contributed by atoms with Crippen molar-refractivity contribution in [3.8, 4) is 0 Å². The number of alkyl halides is 2. The zero-order valence-electron chi connectivity index (χ0n) is 9.86. The Morgan fingerprint density at radius 3 is 2.78 bits per heavy atom. The molecule has 2 rings (SSSR count). The van der Waals surface area contributed by atoms with Crippen molar-refractivity contribution >= 4 is 5.69 Å². The molecule has 0 spiro atoms. The molecule has 0 radical (unpaired) electrons. The summed E-state index contributed by atoms with van der Waals surface area (Å²) in [5, 5.41) is 2.71. The smallest absolute Gasteiger partial charge is 0.248 e. The highest BCUT2D eigenvalue weighted by atomic mass is 19.3. The molecule has 1 N–H and O–H groups in total. The third kappa shape index (κ3) is 3.37. The maximum atomic E-state index is 13.3. The van der Waals surface area contributed by atoms with Crippen molar-refractivity contribution in [3.05, 3.63) is 29.8 Å². The van der Waals surface area contributed by atoms with Gasteiger partial charge in [-0.3, -0.25) is 0 Å². The largest absolute Gasteiger partial charge is 0.382 e. The zero-order valence-corrected chi connectivity index (χ0v) is 9.86. The lowest BCUT2D eigenvalue weighted by Crippen LogP contribution is -2.30. The molecule has 0 bridgehead atoms. The molecule has 0 heterocycles. The monoisotopic (exact) mass is 261 g/mol. The van der Waals surface area contributed by atoms with Gasteiger partial charge in [0.05, 0.1) is 5.69 Å². The SMILES string of the molecule is Fc1ccc(F)c(NCC2CCCC(F)(F)C2)c1. The quantitative estimate of drug-likeness (QED) is 0.804. The van der Waals surface area contributed by atoms with Gasteiger partial charge in [0.25, 0.3) is 0 Å². The average molecular weight is 261 g/mol. The number of rotatable bonds is 3. The fraction of sp³-hybridized carbons (Fsp3) is 0.538. The molecule has 1 aliphatic carbocycles. The third-order valence-electron chi connectivity index (χ3n) is 3.25. The van der Waals surface area contributed by atoms with Crippen LogP contribution in [0.1, 0.15) is 25.7 Å². The molecule has 1 aromatic carbocycles. The Morgan fingerprint density at radius 2 is 2.06 bits per heavy atom. The van der Waals surface area contributed by atoms with E-state index in [4.69, 9.17) is 0 Å². The first-order valence-corrected chi connectivity index (χ1v) is 6.03. The van der Waals surface area contributed by atoms with Gasteiger partial charge in [0.2, 0.25) is 5.92 Å². The van der Waals surface area contributed by atoms with Gasteiger partial charge in [0, 0.05) is 19.4 Å². The maximum Gasteiger partial charge on any atom is 0.248 e. The second kappa shape index (κ2) is 5.16. The normalized spacial score (nSPS) is 22.8. The predicted molar refractivity (Wildman–Crippen MR) is 61.8 cm³/mol. The Bertz CT molecular complexity index is 419. The van der Waals surface area contributed by atoms with E-state index >= 15 is 0 Å². The van der Waals surface area contributed by atoms with Crippen molar-refractivity contribution in [1.29, 1.82) is 0 Å². The van der Waals surface area contributed by atoms with Crippen LogP contribution in [0.2, 0.25) is 0 Å². The molecule has 1 atom stereocenters. The van der Waals surface area contributed by atoms with Crippen LogP contribution in [0.5, 0.6) is 0 Å². The lowest BCUT2D eigenvalue weighted by atomic mass is 9.86. The number of hydrogen-bond donors (Lipinski definition) is 1. The first kappa shape index (κ1) is 13.2. The topological polar surface area (TPSA) is 12.0 Å². The minimum Gasteiger partial charge on any atom is -0.382 e. The number of hydrogen-bond acceptors (Lipinski definition) is 1. The summed E-state index contributed by atoms with van der Waals surface area (Å²) >= 11 is 0. The first-order chi connectivity index (χ1) is 8.46. The van der Waals surface area contributed by atoms with Crippen LogP contribution >= 0.6 is 0 Å². The van der Waals surface area contributed by atoms with Crippen LogP contribution in [0, 0.1) is 17.6 Å². The number of anilines is 1. The minimum absolute atomic E-state index is 0.0314. The summed E-state index contributed by atoms with van der Waals surface area (Å²) in [6.45, 7) is 0.246. The van der Waals surface area contributed by atoms with Crippen LogP contribution in [0.15, 0.2) is 18.2 Å². The van der Waals surface area contributed by atoms with Gasteiger partial charge in [-0.15, -0.1) is 0 Å². The lowest BCUT2D eigenvalue weighted by Gasteiger charge is -2.29. The Labute approximate surface area is 103 Å². The Hall–Kier alpha value is -1.26. The molecule has 1 unspecified atom stereocenters. The number of halogens is 4. The van der Waals surface area contributed by atoms with Gasteiger partial charge in [0.15, 0.2) is 0 Å². The van der Waals surface area contributed by atoms with Crippen molar-refractivity contribution in [2.45, 2.75) is 31.6 Å². The summed E-state index contributed by atoms with van der Waals surface area (Å²) in [4.78, 5) is 0. The van der Waals surface area contributed by atoms with Crippen LogP contribution in [-0.4, -0.2) is 12.5 Å². The minimum atomic E-state index is -2.62. The average Bonchev–Trinajstić information content (AvgIpc) is 2.29. The second-order valence-corrected chi connectivity index (χ2v) is 4.82. The molecule has 5 heteroatoms. The van der Waals surface area contributed by atoms with Gasteiger partial charge < -0.3 is 5.32 Å². The van der Waals surface area contributed by atoms with Gasteiger partial charge in [-0.1, -0.05) is 0 Å². The molecular weight excluding hydrogens is 246 g/mol. The van der Waals surface area contributed by atoms with Crippen molar-refractivity contribution in [2.24, 2.45) is 5.92 Å². The van der Waals surface area contributed by atoms with Crippen LogP contribution in [0.4, 0.5) is 23.2 Å². The first-order valence-electron chi connectivity index (χ1n) is 6.03. The molecule has 1 aromatic rings.